The molecule has 0 bridgehead atoms. The van der Waals surface area contributed by atoms with E-state index >= 15 is 0 Å². The van der Waals surface area contributed by atoms with Crippen molar-refractivity contribution in [2.24, 2.45) is 0 Å². The first kappa shape index (κ1) is 7.33. The summed E-state index contributed by atoms with van der Waals surface area (Å²) in [5.41, 5.74) is 0.272. The number of hydrogen-bond donors (Lipinski definition) is 0. The van der Waals surface area contributed by atoms with Gasteiger partial charge in [0.15, 0.2) is 10.8 Å². The molecule has 1 aromatic heterocycles. The normalized spacial score (nSPS) is 8.90. The first-order chi connectivity index (χ1) is 4.74. The van der Waals surface area contributed by atoms with E-state index in [0.717, 1.165) is 0 Å². The van der Waals surface area contributed by atoms with E-state index < -0.39 is 0 Å². The second-order valence-electron chi connectivity index (χ2n) is 1.48. The van der Waals surface area contributed by atoms with E-state index in [4.69, 9.17) is 29.6 Å². The fraction of sp³-hybridized carbons (Fsp3) is 0. The van der Waals surface area contributed by atoms with E-state index in [1.807, 2.05) is 0 Å². The Morgan fingerprint density at radius 1 is 1.50 bits per heavy atom. The highest BCUT2D eigenvalue weighted by atomic mass is 35.5. The van der Waals surface area contributed by atoms with Gasteiger partial charge in [-0.15, -0.1) is 6.42 Å². The number of halogens is 2. The number of aromatic nitrogens is 2. The topological polar surface area (TPSA) is 25.8 Å². The van der Waals surface area contributed by atoms with Gasteiger partial charge >= 0.3 is 0 Å². The molecule has 0 aliphatic heterocycles. The second-order valence-corrected chi connectivity index (χ2v) is 2.22. The molecule has 0 unspecified atom stereocenters. The van der Waals surface area contributed by atoms with E-state index in [-0.39, 0.29) is 16.0 Å². The molecule has 0 saturated heterocycles. The third kappa shape index (κ3) is 1.38. The standard InChI is InChI=1S/C6H2Cl2N2/c1-2-4-6(8)9-3-5(7)10-4/h1,3H. The van der Waals surface area contributed by atoms with Gasteiger partial charge in [0.1, 0.15) is 5.15 Å². The average molecular weight is 173 g/mol. The van der Waals surface area contributed by atoms with Gasteiger partial charge in [-0.1, -0.05) is 23.2 Å². The van der Waals surface area contributed by atoms with Gasteiger partial charge in [-0.2, -0.15) is 0 Å². The van der Waals surface area contributed by atoms with Crippen LogP contribution in [0.1, 0.15) is 5.69 Å². The molecule has 0 aliphatic rings. The number of hydrogen-bond acceptors (Lipinski definition) is 2. The molecule has 0 aliphatic carbocycles. The Morgan fingerprint density at radius 3 is 2.70 bits per heavy atom. The minimum Gasteiger partial charge on any atom is -0.238 e. The molecule has 4 heteroatoms. The maximum absolute atomic E-state index is 5.52. The summed E-state index contributed by atoms with van der Waals surface area (Å²) in [4.78, 5) is 7.40. The van der Waals surface area contributed by atoms with Gasteiger partial charge < -0.3 is 0 Å². The molecular formula is C6H2Cl2N2. The monoisotopic (exact) mass is 172 g/mol. The molecule has 0 N–H and O–H groups in total. The van der Waals surface area contributed by atoms with Crippen LogP contribution in [-0.2, 0) is 0 Å². The smallest absolute Gasteiger partial charge is 0.163 e. The largest absolute Gasteiger partial charge is 0.238 e. The molecular weight excluding hydrogens is 171 g/mol. The van der Waals surface area contributed by atoms with Crippen molar-refractivity contribution in [3.05, 3.63) is 22.2 Å². The van der Waals surface area contributed by atoms with E-state index in [1.165, 1.54) is 6.20 Å². The molecule has 1 rings (SSSR count). The zero-order chi connectivity index (χ0) is 7.56. The predicted molar refractivity (Wildman–Crippen MR) is 40.0 cm³/mol. The van der Waals surface area contributed by atoms with Gasteiger partial charge in [0.05, 0.1) is 6.20 Å². The maximum Gasteiger partial charge on any atom is 0.163 e. The summed E-state index contributed by atoms with van der Waals surface area (Å²) in [5.74, 6) is 2.25. The van der Waals surface area contributed by atoms with E-state index in [1.54, 1.807) is 0 Å². The zero-order valence-corrected chi connectivity index (χ0v) is 6.32. The summed E-state index contributed by atoms with van der Waals surface area (Å²) < 4.78 is 0. The lowest BCUT2D eigenvalue weighted by molar-refractivity contribution is 1.17. The highest BCUT2D eigenvalue weighted by Crippen LogP contribution is 2.11. The molecule has 0 aromatic carbocycles. The first-order valence-electron chi connectivity index (χ1n) is 2.38. The van der Waals surface area contributed by atoms with E-state index in [2.05, 4.69) is 15.9 Å². The Labute approximate surface area is 68.2 Å². The van der Waals surface area contributed by atoms with Gasteiger partial charge in [-0.3, -0.25) is 0 Å². The SMILES string of the molecule is C#Cc1nc(Cl)cnc1Cl. The van der Waals surface area contributed by atoms with Gasteiger partial charge in [0, 0.05) is 0 Å². The van der Waals surface area contributed by atoms with Crippen molar-refractivity contribution in [2.45, 2.75) is 0 Å². The summed E-state index contributed by atoms with van der Waals surface area (Å²) in [6, 6.07) is 0. The highest BCUT2D eigenvalue weighted by molar-refractivity contribution is 6.31. The Hall–Kier alpha value is -0.780. The number of nitrogens with zero attached hydrogens (tertiary/aromatic N) is 2. The predicted octanol–water partition coefficient (Wildman–Crippen LogP) is 1.76. The molecule has 0 saturated carbocycles. The maximum atomic E-state index is 5.52. The Kier molecular flexibility index (Phi) is 2.10. The molecule has 1 heterocycles. The summed E-state index contributed by atoms with van der Waals surface area (Å²) in [7, 11) is 0. The lowest BCUT2D eigenvalue weighted by atomic mass is 10.5. The van der Waals surface area contributed by atoms with Crippen LogP contribution in [-0.4, -0.2) is 9.97 Å². The fourth-order valence-electron chi connectivity index (χ4n) is 0.445. The molecule has 10 heavy (non-hydrogen) atoms. The van der Waals surface area contributed by atoms with Crippen molar-refractivity contribution >= 4 is 23.2 Å². The summed E-state index contributed by atoms with van der Waals surface area (Å²) in [5, 5.41) is 0.448. The van der Waals surface area contributed by atoms with E-state index in [0.29, 0.717) is 0 Å². The molecule has 0 atom stereocenters. The molecule has 0 spiro atoms. The van der Waals surface area contributed by atoms with Crippen LogP contribution in [0.15, 0.2) is 6.20 Å². The average Bonchev–Trinajstić information content (AvgIpc) is 1.94. The van der Waals surface area contributed by atoms with Crippen LogP contribution >= 0.6 is 23.2 Å². The van der Waals surface area contributed by atoms with Gasteiger partial charge in [-0.25, -0.2) is 9.97 Å². The lowest BCUT2D eigenvalue weighted by Gasteiger charge is -1.92. The van der Waals surface area contributed by atoms with Crippen molar-refractivity contribution in [1.29, 1.82) is 0 Å². The second kappa shape index (κ2) is 2.87. The quantitative estimate of drug-likeness (QED) is 0.558. The van der Waals surface area contributed by atoms with Crippen molar-refractivity contribution in [3.63, 3.8) is 0 Å². The van der Waals surface area contributed by atoms with Crippen LogP contribution in [0.2, 0.25) is 10.3 Å². The molecule has 0 fully saturated rings. The van der Waals surface area contributed by atoms with Gasteiger partial charge in [0.2, 0.25) is 0 Å². The minimum atomic E-state index is 0.201. The summed E-state index contributed by atoms with van der Waals surface area (Å²) in [6.07, 6.45) is 6.36. The minimum absolute atomic E-state index is 0.201. The Morgan fingerprint density at radius 2 is 2.20 bits per heavy atom. The molecule has 1 aromatic rings. The van der Waals surface area contributed by atoms with Crippen molar-refractivity contribution in [2.75, 3.05) is 0 Å². The Balaban J connectivity index is 3.25. The fourth-order valence-corrected chi connectivity index (χ4v) is 0.724. The zero-order valence-electron chi connectivity index (χ0n) is 4.81. The van der Waals surface area contributed by atoms with Crippen molar-refractivity contribution in [3.8, 4) is 12.3 Å². The third-order valence-electron chi connectivity index (χ3n) is 0.835. The van der Waals surface area contributed by atoms with Gasteiger partial charge in [-0.05, 0) is 5.92 Å². The van der Waals surface area contributed by atoms with Crippen LogP contribution < -0.4 is 0 Å². The van der Waals surface area contributed by atoms with Crippen LogP contribution in [0, 0.1) is 12.3 Å². The Bertz CT molecular complexity index is 290. The molecule has 0 amide bonds. The van der Waals surface area contributed by atoms with Crippen LogP contribution in [0.25, 0.3) is 0 Å². The number of rotatable bonds is 0. The number of terminal acetylenes is 1. The summed E-state index contributed by atoms with van der Waals surface area (Å²) in [6.45, 7) is 0. The summed E-state index contributed by atoms with van der Waals surface area (Å²) >= 11 is 11.0. The molecule has 2 nitrogen and oxygen atoms in total. The molecule has 50 valence electrons. The van der Waals surface area contributed by atoms with Crippen LogP contribution in [0.5, 0.6) is 0 Å². The van der Waals surface area contributed by atoms with E-state index in [9.17, 15) is 0 Å². The first-order valence-corrected chi connectivity index (χ1v) is 3.14. The van der Waals surface area contributed by atoms with Crippen LogP contribution in [0.3, 0.4) is 0 Å². The molecule has 0 radical (unpaired) electrons. The van der Waals surface area contributed by atoms with Crippen molar-refractivity contribution in [1.82, 2.24) is 9.97 Å². The van der Waals surface area contributed by atoms with Crippen LogP contribution in [0.4, 0.5) is 0 Å². The van der Waals surface area contributed by atoms with Crippen molar-refractivity contribution < 1.29 is 0 Å². The lowest BCUT2D eigenvalue weighted by Crippen LogP contribution is -1.87. The highest BCUT2D eigenvalue weighted by Gasteiger charge is 1.99. The van der Waals surface area contributed by atoms with Gasteiger partial charge in [0.25, 0.3) is 0 Å². The third-order valence-corrected chi connectivity index (χ3v) is 1.29.